The number of aromatic amines is 1. The Kier molecular flexibility index (Phi) is 10.5. The zero-order valence-electron chi connectivity index (χ0n) is 25.5. The van der Waals surface area contributed by atoms with Crippen molar-refractivity contribution in [3.8, 4) is 11.4 Å². The minimum Gasteiger partial charge on any atom is -0.477 e. The number of carboxylic acids is 1. The predicted octanol–water partition coefficient (Wildman–Crippen LogP) is 5.52. The number of rotatable bonds is 11. The first-order chi connectivity index (χ1) is 21.0. The van der Waals surface area contributed by atoms with E-state index in [2.05, 4.69) is 38.6 Å². The monoisotopic (exact) mass is 663 g/mol. The molecule has 0 saturated carbocycles. The number of hydrogen-bond donors (Lipinski definition) is 2. The fraction of sp³-hybridized carbons (Fsp3) is 0.567. The topological polar surface area (TPSA) is 128 Å². The summed E-state index contributed by atoms with van der Waals surface area (Å²) >= 11 is 13.6. The molecule has 0 bridgehead atoms. The van der Waals surface area contributed by atoms with E-state index >= 15 is 0 Å². The summed E-state index contributed by atoms with van der Waals surface area (Å²) in [6, 6.07) is 0. The lowest BCUT2D eigenvalue weighted by molar-refractivity contribution is 0.0103. The van der Waals surface area contributed by atoms with Crippen LogP contribution < -0.4 is 9.80 Å². The molecule has 2 atom stereocenters. The van der Waals surface area contributed by atoms with Crippen molar-refractivity contribution in [1.29, 1.82) is 0 Å². The quantitative estimate of drug-likeness (QED) is 0.253. The zero-order chi connectivity index (χ0) is 31.5. The van der Waals surface area contributed by atoms with Crippen LogP contribution in [-0.2, 0) is 4.74 Å². The van der Waals surface area contributed by atoms with Crippen LogP contribution in [0.1, 0.15) is 59.5 Å². The third-order valence-corrected chi connectivity index (χ3v) is 10.2. The van der Waals surface area contributed by atoms with Crippen molar-refractivity contribution in [2.45, 2.75) is 46.6 Å². The molecule has 2 N–H and O–H groups in total. The normalized spacial score (nSPS) is 19.6. The van der Waals surface area contributed by atoms with Gasteiger partial charge in [0.05, 0.1) is 28.5 Å². The minimum atomic E-state index is -1.06. The van der Waals surface area contributed by atoms with E-state index in [0.29, 0.717) is 65.0 Å². The highest BCUT2D eigenvalue weighted by Crippen LogP contribution is 2.37. The van der Waals surface area contributed by atoms with E-state index < -0.39 is 5.97 Å². The van der Waals surface area contributed by atoms with Gasteiger partial charge in [-0.1, -0.05) is 48.4 Å². The number of nitrogens with zero attached hydrogens (tertiary/aromatic N) is 6. The molecule has 0 radical (unpaired) electrons. The second kappa shape index (κ2) is 14.1. The molecule has 14 heteroatoms. The molecule has 2 aliphatic rings. The number of aromatic nitrogens is 4. The second-order valence-corrected chi connectivity index (χ2v) is 13.5. The average molecular weight is 665 g/mol. The summed E-state index contributed by atoms with van der Waals surface area (Å²) in [7, 11) is 0. The maximum absolute atomic E-state index is 13.1. The fourth-order valence-corrected chi connectivity index (χ4v) is 7.31. The molecule has 3 aromatic heterocycles. The summed E-state index contributed by atoms with van der Waals surface area (Å²) < 4.78 is 6.08. The van der Waals surface area contributed by atoms with E-state index in [1.807, 2.05) is 11.8 Å². The standard InChI is InChI=1S/C30H39Cl2N7O4S/c1-5-43-22-16-39(7-6-19(22)12-21(40)27-25(32)24(31)18(4)35-27)30-36-26(28(44-30)29(41)42)20-13-34-23(14-33-20)38-10-8-37(9-11-38)15-17(2)3/h13-14,17,19,22,35H,5-12,15-16H2,1-4H3,(H,41,42)/t19-,22-/m0/s1. The molecule has 0 spiro atoms. The van der Waals surface area contributed by atoms with Crippen LogP contribution in [0.2, 0.25) is 10.0 Å². The van der Waals surface area contributed by atoms with Crippen LogP contribution in [0.15, 0.2) is 12.4 Å². The number of aryl methyl sites for hydroxylation is 1. The molecule has 0 amide bonds. The van der Waals surface area contributed by atoms with Gasteiger partial charge < -0.3 is 24.6 Å². The molecule has 11 nitrogen and oxygen atoms in total. The van der Waals surface area contributed by atoms with Crippen molar-refractivity contribution < 1.29 is 19.4 Å². The Balaban J connectivity index is 1.28. The summed E-state index contributed by atoms with van der Waals surface area (Å²) in [6.07, 6.45) is 3.99. The molecule has 3 aromatic rings. The van der Waals surface area contributed by atoms with E-state index in [4.69, 9.17) is 32.9 Å². The van der Waals surface area contributed by atoms with Gasteiger partial charge in [-0.3, -0.25) is 9.69 Å². The number of Topliss-reactive ketones (excluding diaryl/α,β-unsaturated/α-hetero) is 1. The van der Waals surface area contributed by atoms with Gasteiger partial charge in [-0.25, -0.2) is 19.7 Å². The number of piperidine rings is 1. The molecule has 44 heavy (non-hydrogen) atoms. The minimum absolute atomic E-state index is 0.0406. The zero-order valence-corrected chi connectivity index (χ0v) is 27.8. The fourth-order valence-electron chi connectivity index (χ4n) is 5.92. The van der Waals surface area contributed by atoms with Crippen molar-refractivity contribution >= 4 is 57.2 Å². The molecule has 0 aliphatic carbocycles. The molecule has 0 aromatic carbocycles. The van der Waals surface area contributed by atoms with Crippen LogP contribution in [0.5, 0.6) is 0 Å². The smallest absolute Gasteiger partial charge is 0.348 e. The van der Waals surface area contributed by atoms with E-state index in [9.17, 15) is 14.7 Å². The number of nitrogens with one attached hydrogen (secondary N) is 1. The lowest BCUT2D eigenvalue weighted by atomic mass is 9.88. The first-order valence-electron chi connectivity index (χ1n) is 15.0. The SMILES string of the molecule is CCO[C@H]1CN(c2nc(-c3cnc(N4CCN(CC(C)C)CC4)cn3)c(C(=O)O)s2)CC[C@H]1CC(=O)c1[nH]c(C)c(Cl)c1Cl. The number of carbonyl (C=O) groups is 2. The molecular formula is C30H39Cl2N7O4S. The average Bonchev–Trinajstić information content (AvgIpc) is 3.56. The van der Waals surface area contributed by atoms with Crippen LogP contribution in [0.25, 0.3) is 11.4 Å². The Labute approximate surface area is 271 Å². The van der Waals surface area contributed by atoms with E-state index in [1.165, 1.54) is 0 Å². The number of carbonyl (C=O) groups excluding carboxylic acids is 1. The Morgan fingerprint density at radius 3 is 2.45 bits per heavy atom. The highest BCUT2D eigenvalue weighted by molar-refractivity contribution is 7.17. The molecule has 238 valence electrons. The molecule has 2 fully saturated rings. The van der Waals surface area contributed by atoms with Gasteiger partial charge in [0.15, 0.2) is 10.9 Å². The number of hydrogen-bond acceptors (Lipinski definition) is 10. The Morgan fingerprint density at radius 2 is 1.86 bits per heavy atom. The molecule has 5 heterocycles. The predicted molar refractivity (Wildman–Crippen MR) is 174 cm³/mol. The van der Waals surface area contributed by atoms with Crippen molar-refractivity contribution in [2.24, 2.45) is 11.8 Å². The summed E-state index contributed by atoms with van der Waals surface area (Å²) in [5.41, 5.74) is 1.70. The van der Waals surface area contributed by atoms with Crippen LogP contribution >= 0.6 is 34.5 Å². The third-order valence-electron chi connectivity index (χ3n) is 8.14. The van der Waals surface area contributed by atoms with Crippen LogP contribution in [0.3, 0.4) is 0 Å². The Hall–Kier alpha value is -2.77. The van der Waals surface area contributed by atoms with Gasteiger partial charge in [0.2, 0.25) is 0 Å². The van der Waals surface area contributed by atoms with Crippen LogP contribution in [0, 0.1) is 18.8 Å². The summed E-state index contributed by atoms with van der Waals surface area (Å²) in [5.74, 6) is 0.194. The Bertz CT molecular complexity index is 1470. The molecule has 2 saturated heterocycles. The van der Waals surface area contributed by atoms with Crippen LogP contribution in [-0.4, -0.2) is 100 Å². The summed E-state index contributed by atoms with van der Waals surface area (Å²) in [5, 5.41) is 11.2. The first kappa shape index (κ1) is 32.6. The number of ketones is 1. The maximum atomic E-state index is 13.1. The lowest BCUT2D eigenvalue weighted by Gasteiger charge is -2.38. The van der Waals surface area contributed by atoms with E-state index in [0.717, 1.165) is 49.9 Å². The Morgan fingerprint density at radius 1 is 1.11 bits per heavy atom. The van der Waals surface area contributed by atoms with E-state index in [1.54, 1.807) is 19.3 Å². The van der Waals surface area contributed by atoms with Gasteiger partial charge in [0.1, 0.15) is 27.8 Å². The highest BCUT2D eigenvalue weighted by atomic mass is 35.5. The first-order valence-corrected chi connectivity index (χ1v) is 16.6. The molecular weight excluding hydrogens is 625 g/mol. The van der Waals surface area contributed by atoms with Crippen molar-refractivity contribution in [3.63, 3.8) is 0 Å². The maximum Gasteiger partial charge on any atom is 0.348 e. The van der Waals surface area contributed by atoms with Gasteiger partial charge in [-0.15, -0.1) is 0 Å². The van der Waals surface area contributed by atoms with Gasteiger partial charge in [-0.2, -0.15) is 0 Å². The largest absolute Gasteiger partial charge is 0.477 e. The molecule has 5 rings (SSSR count). The lowest BCUT2D eigenvalue weighted by Crippen LogP contribution is -2.47. The van der Waals surface area contributed by atoms with Crippen molar-refractivity contribution in [2.75, 3.05) is 62.2 Å². The second-order valence-electron chi connectivity index (χ2n) is 11.8. The highest BCUT2D eigenvalue weighted by Gasteiger charge is 2.35. The number of halogens is 2. The number of carboxylic acid groups (broad SMARTS) is 1. The number of ether oxygens (including phenoxy) is 1. The summed E-state index contributed by atoms with van der Waals surface area (Å²) in [4.78, 5) is 49.1. The van der Waals surface area contributed by atoms with Crippen LogP contribution in [0.4, 0.5) is 10.9 Å². The van der Waals surface area contributed by atoms with Gasteiger partial charge in [-0.05, 0) is 32.1 Å². The number of aromatic carboxylic acids is 1. The van der Waals surface area contributed by atoms with Gasteiger partial charge in [0, 0.05) is 64.5 Å². The van der Waals surface area contributed by atoms with Gasteiger partial charge in [0.25, 0.3) is 0 Å². The number of H-pyrrole nitrogens is 1. The number of anilines is 2. The van der Waals surface area contributed by atoms with E-state index in [-0.39, 0.29) is 34.1 Å². The van der Waals surface area contributed by atoms with Gasteiger partial charge >= 0.3 is 5.97 Å². The third kappa shape index (κ3) is 7.20. The number of thiazole rings is 1. The molecule has 0 unspecified atom stereocenters. The molecule has 2 aliphatic heterocycles. The summed E-state index contributed by atoms with van der Waals surface area (Å²) in [6.45, 7) is 14.5. The van der Waals surface area contributed by atoms with Crippen molar-refractivity contribution in [3.05, 3.63) is 38.7 Å². The number of piperazine rings is 1. The van der Waals surface area contributed by atoms with Crippen molar-refractivity contribution in [1.82, 2.24) is 24.8 Å².